The van der Waals surface area contributed by atoms with Crippen molar-refractivity contribution in [3.63, 3.8) is 0 Å². The number of carbonyl (C=O) groups excluding carboxylic acids is 1. The Labute approximate surface area is 115 Å². The van der Waals surface area contributed by atoms with Gasteiger partial charge in [0.25, 0.3) is 0 Å². The first-order valence-corrected chi connectivity index (χ1v) is 6.18. The molecular formula is C13H15FN2O4. The van der Waals surface area contributed by atoms with Crippen molar-refractivity contribution in [1.29, 1.82) is 0 Å². The van der Waals surface area contributed by atoms with Crippen LogP contribution in [0, 0.1) is 5.82 Å². The summed E-state index contributed by atoms with van der Waals surface area (Å²) in [6, 6.07) is 4.54. The molecule has 0 spiro atoms. The van der Waals surface area contributed by atoms with Crippen LogP contribution in [0.15, 0.2) is 24.3 Å². The molecule has 1 fully saturated rings. The molecule has 1 atom stereocenters. The van der Waals surface area contributed by atoms with Gasteiger partial charge in [-0.1, -0.05) is 18.2 Å². The molecule has 0 aromatic heterocycles. The van der Waals surface area contributed by atoms with Crippen molar-refractivity contribution in [3.8, 4) is 0 Å². The van der Waals surface area contributed by atoms with Crippen LogP contribution >= 0.6 is 0 Å². The molecule has 0 saturated carbocycles. The maximum atomic E-state index is 13.4. The molecule has 7 heteroatoms. The van der Waals surface area contributed by atoms with Gasteiger partial charge < -0.3 is 20.1 Å². The van der Waals surface area contributed by atoms with Crippen molar-refractivity contribution >= 4 is 12.0 Å². The van der Waals surface area contributed by atoms with Gasteiger partial charge in [-0.2, -0.15) is 0 Å². The molecule has 108 valence electrons. The molecule has 1 unspecified atom stereocenters. The quantitative estimate of drug-likeness (QED) is 0.860. The number of nitrogens with one attached hydrogen (secondary N) is 1. The van der Waals surface area contributed by atoms with Gasteiger partial charge in [0.05, 0.1) is 13.2 Å². The molecule has 2 amide bonds. The maximum absolute atomic E-state index is 13.4. The Hall–Kier alpha value is -2.15. The Kier molecular flexibility index (Phi) is 4.52. The fraction of sp³-hybridized carbons (Fsp3) is 0.385. The van der Waals surface area contributed by atoms with Crippen LogP contribution in [0.1, 0.15) is 5.56 Å². The lowest BCUT2D eigenvalue weighted by Gasteiger charge is -2.32. The summed E-state index contributed by atoms with van der Waals surface area (Å²) in [5.41, 5.74) is 0.348. The molecule has 1 aliphatic heterocycles. The molecule has 2 N–H and O–H groups in total. The largest absolute Gasteiger partial charge is 0.480 e. The Bertz CT molecular complexity index is 509. The first kappa shape index (κ1) is 14.3. The van der Waals surface area contributed by atoms with Crippen LogP contribution < -0.4 is 5.32 Å². The molecule has 1 aliphatic rings. The number of carboxylic acid groups (broad SMARTS) is 1. The van der Waals surface area contributed by atoms with Gasteiger partial charge in [-0.3, -0.25) is 0 Å². The number of halogens is 1. The summed E-state index contributed by atoms with van der Waals surface area (Å²) in [7, 11) is 0. The van der Waals surface area contributed by atoms with E-state index in [0.29, 0.717) is 5.56 Å². The first-order valence-electron chi connectivity index (χ1n) is 6.18. The second-order valence-electron chi connectivity index (χ2n) is 4.37. The summed E-state index contributed by atoms with van der Waals surface area (Å²) in [6.45, 7) is 0.453. The van der Waals surface area contributed by atoms with E-state index in [-0.39, 0.29) is 26.3 Å². The third kappa shape index (κ3) is 3.24. The highest BCUT2D eigenvalue weighted by molar-refractivity contribution is 5.83. The van der Waals surface area contributed by atoms with Gasteiger partial charge >= 0.3 is 12.0 Å². The monoisotopic (exact) mass is 282 g/mol. The predicted molar refractivity (Wildman–Crippen MR) is 67.6 cm³/mol. The highest BCUT2D eigenvalue weighted by Gasteiger charge is 2.32. The average molecular weight is 282 g/mol. The number of morpholine rings is 1. The van der Waals surface area contributed by atoms with Crippen molar-refractivity contribution in [1.82, 2.24) is 10.2 Å². The van der Waals surface area contributed by atoms with E-state index in [9.17, 15) is 14.0 Å². The molecule has 6 nitrogen and oxygen atoms in total. The number of carbonyl (C=O) groups is 2. The van der Waals surface area contributed by atoms with Crippen LogP contribution in [0.3, 0.4) is 0 Å². The summed E-state index contributed by atoms with van der Waals surface area (Å²) in [6.07, 6.45) is 0. The third-order valence-corrected chi connectivity index (χ3v) is 3.06. The summed E-state index contributed by atoms with van der Waals surface area (Å²) in [4.78, 5) is 24.2. The smallest absolute Gasteiger partial charge is 0.328 e. The van der Waals surface area contributed by atoms with Crippen molar-refractivity contribution in [2.75, 3.05) is 19.8 Å². The van der Waals surface area contributed by atoms with Crippen LogP contribution in [-0.4, -0.2) is 47.8 Å². The van der Waals surface area contributed by atoms with Crippen LogP contribution in [0.4, 0.5) is 9.18 Å². The number of urea groups is 1. The zero-order valence-corrected chi connectivity index (χ0v) is 10.7. The molecule has 0 radical (unpaired) electrons. The van der Waals surface area contributed by atoms with E-state index < -0.39 is 23.9 Å². The third-order valence-electron chi connectivity index (χ3n) is 3.06. The highest BCUT2D eigenvalue weighted by Crippen LogP contribution is 2.09. The second kappa shape index (κ2) is 6.33. The van der Waals surface area contributed by atoms with Crippen molar-refractivity contribution in [2.24, 2.45) is 0 Å². The number of hydrogen-bond donors (Lipinski definition) is 2. The zero-order chi connectivity index (χ0) is 14.5. The molecular weight excluding hydrogens is 267 g/mol. The number of aliphatic carboxylic acids is 1. The maximum Gasteiger partial charge on any atom is 0.328 e. The van der Waals surface area contributed by atoms with Crippen LogP contribution in [-0.2, 0) is 16.1 Å². The lowest BCUT2D eigenvalue weighted by Crippen LogP contribution is -2.55. The Balaban J connectivity index is 1.97. The number of ether oxygens (including phenoxy) is 1. The van der Waals surface area contributed by atoms with Gasteiger partial charge in [-0.05, 0) is 6.07 Å². The predicted octanol–water partition coefficient (Wildman–Crippen LogP) is 0.821. The zero-order valence-electron chi connectivity index (χ0n) is 10.7. The molecule has 1 aromatic rings. The number of amides is 2. The van der Waals surface area contributed by atoms with Gasteiger partial charge in [-0.25, -0.2) is 14.0 Å². The summed E-state index contributed by atoms with van der Waals surface area (Å²) >= 11 is 0. The first-order chi connectivity index (χ1) is 9.59. The van der Waals surface area contributed by atoms with E-state index in [0.717, 1.165) is 0 Å². The Morgan fingerprint density at radius 2 is 2.20 bits per heavy atom. The number of nitrogens with zero attached hydrogens (tertiary/aromatic N) is 1. The van der Waals surface area contributed by atoms with Crippen molar-refractivity contribution in [2.45, 2.75) is 12.6 Å². The van der Waals surface area contributed by atoms with E-state index in [1.165, 1.54) is 11.0 Å². The fourth-order valence-corrected chi connectivity index (χ4v) is 1.97. The van der Waals surface area contributed by atoms with E-state index in [1.807, 2.05) is 0 Å². The van der Waals surface area contributed by atoms with Gasteiger partial charge in [0.2, 0.25) is 0 Å². The van der Waals surface area contributed by atoms with Gasteiger partial charge in [0.15, 0.2) is 6.04 Å². The highest BCUT2D eigenvalue weighted by atomic mass is 19.1. The fourth-order valence-electron chi connectivity index (χ4n) is 1.97. The van der Waals surface area contributed by atoms with Gasteiger partial charge in [-0.15, -0.1) is 0 Å². The summed E-state index contributed by atoms with van der Waals surface area (Å²) in [5, 5.41) is 11.5. The molecule has 1 heterocycles. The van der Waals surface area contributed by atoms with E-state index in [2.05, 4.69) is 5.32 Å². The molecule has 0 aliphatic carbocycles. The molecule has 1 aromatic carbocycles. The standard InChI is InChI=1S/C13H15FN2O4/c14-10-4-2-1-3-9(10)7-15-13(19)16-5-6-20-8-11(16)12(17)18/h1-4,11H,5-8H2,(H,15,19)(H,17,18). The number of benzene rings is 1. The van der Waals surface area contributed by atoms with Gasteiger partial charge in [0.1, 0.15) is 5.82 Å². The SMILES string of the molecule is O=C(O)C1COCCN1C(=O)NCc1ccccc1F. The summed E-state index contributed by atoms with van der Waals surface area (Å²) < 4.78 is 18.5. The Morgan fingerprint density at radius 1 is 1.45 bits per heavy atom. The van der Waals surface area contributed by atoms with E-state index >= 15 is 0 Å². The van der Waals surface area contributed by atoms with E-state index in [1.54, 1.807) is 18.2 Å². The molecule has 0 bridgehead atoms. The molecule has 2 rings (SSSR count). The lowest BCUT2D eigenvalue weighted by atomic mass is 10.2. The molecule has 20 heavy (non-hydrogen) atoms. The van der Waals surface area contributed by atoms with Crippen molar-refractivity contribution < 1.29 is 23.8 Å². The van der Waals surface area contributed by atoms with Crippen molar-refractivity contribution in [3.05, 3.63) is 35.6 Å². The summed E-state index contributed by atoms with van der Waals surface area (Å²) in [5.74, 6) is -1.53. The van der Waals surface area contributed by atoms with Crippen LogP contribution in [0.5, 0.6) is 0 Å². The minimum absolute atomic E-state index is 0.00913. The average Bonchev–Trinajstić information content (AvgIpc) is 2.46. The van der Waals surface area contributed by atoms with Crippen LogP contribution in [0.25, 0.3) is 0 Å². The lowest BCUT2D eigenvalue weighted by molar-refractivity contribution is -0.147. The second-order valence-corrected chi connectivity index (χ2v) is 4.37. The normalized spacial score (nSPS) is 18.6. The molecule has 1 saturated heterocycles. The minimum Gasteiger partial charge on any atom is -0.480 e. The number of hydrogen-bond acceptors (Lipinski definition) is 3. The van der Waals surface area contributed by atoms with Crippen LogP contribution in [0.2, 0.25) is 0 Å². The number of carboxylic acids is 1. The topological polar surface area (TPSA) is 78.9 Å². The minimum atomic E-state index is -1.12. The number of rotatable bonds is 3. The van der Waals surface area contributed by atoms with E-state index in [4.69, 9.17) is 9.84 Å². The van der Waals surface area contributed by atoms with Gasteiger partial charge in [0, 0.05) is 18.7 Å². The Morgan fingerprint density at radius 3 is 2.90 bits per heavy atom.